The standard InChI is InChI=1S/C21H15F6N3O2/c22-20(23,24)11-30-9-13-7-16(5-6-17(13)19(30)31)32-10-14-8-28-29-18(14)12-1-3-15(4-2-12)21(25,26)27/h1-8H,9-11H2,(H,28,29). The lowest BCUT2D eigenvalue weighted by Gasteiger charge is -2.17. The number of hydrogen-bond donors (Lipinski definition) is 1. The fourth-order valence-corrected chi connectivity index (χ4v) is 3.44. The second kappa shape index (κ2) is 7.88. The summed E-state index contributed by atoms with van der Waals surface area (Å²) in [5.74, 6) is -0.353. The molecular weight excluding hydrogens is 440 g/mol. The Bertz CT molecular complexity index is 1140. The van der Waals surface area contributed by atoms with Crippen molar-refractivity contribution >= 4 is 5.91 Å². The lowest BCUT2D eigenvalue weighted by atomic mass is 10.1. The summed E-state index contributed by atoms with van der Waals surface area (Å²) in [4.78, 5) is 12.8. The van der Waals surface area contributed by atoms with Crippen LogP contribution >= 0.6 is 0 Å². The SMILES string of the molecule is O=C1c2ccc(OCc3c[nH]nc3-c3ccc(C(F)(F)F)cc3)cc2CN1CC(F)(F)F. The molecule has 2 heterocycles. The molecule has 0 atom stereocenters. The number of carbonyl (C=O) groups excluding carboxylic acids is 1. The van der Waals surface area contributed by atoms with Gasteiger partial charge >= 0.3 is 12.4 Å². The number of halogens is 6. The Morgan fingerprint density at radius 3 is 2.41 bits per heavy atom. The van der Waals surface area contributed by atoms with Gasteiger partial charge in [0.15, 0.2) is 0 Å². The number of benzene rings is 2. The maximum Gasteiger partial charge on any atom is 0.416 e. The number of fused-ring (bicyclic) bond motifs is 1. The first kappa shape index (κ1) is 21.7. The monoisotopic (exact) mass is 455 g/mol. The molecule has 0 saturated carbocycles. The van der Waals surface area contributed by atoms with Gasteiger partial charge in [0.2, 0.25) is 0 Å². The van der Waals surface area contributed by atoms with E-state index in [9.17, 15) is 31.1 Å². The zero-order valence-corrected chi connectivity index (χ0v) is 16.2. The van der Waals surface area contributed by atoms with Crippen molar-refractivity contribution in [3.63, 3.8) is 0 Å². The minimum absolute atomic E-state index is 0.00581. The number of aromatic amines is 1. The lowest BCUT2D eigenvalue weighted by Crippen LogP contribution is -2.34. The average Bonchev–Trinajstić information content (AvgIpc) is 3.29. The number of alkyl halides is 6. The van der Waals surface area contributed by atoms with E-state index in [0.29, 0.717) is 33.0 Å². The van der Waals surface area contributed by atoms with Crippen LogP contribution in [-0.2, 0) is 19.3 Å². The summed E-state index contributed by atoms with van der Waals surface area (Å²) >= 11 is 0. The van der Waals surface area contributed by atoms with E-state index in [1.54, 1.807) is 0 Å². The zero-order chi connectivity index (χ0) is 23.1. The molecule has 4 rings (SSSR count). The number of H-pyrrole nitrogens is 1. The molecule has 0 fully saturated rings. The van der Waals surface area contributed by atoms with Crippen LogP contribution in [0.4, 0.5) is 26.3 Å². The van der Waals surface area contributed by atoms with Crippen LogP contribution in [0, 0.1) is 0 Å². The zero-order valence-electron chi connectivity index (χ0n) is 16.2. The smallest absolute Gasteiger partial charge is 0.416 e. The van der Waals surface area contributed by atoms with E-state index >= 15 is 0 Å². The number of nitrogens with one attached hydrogen (secondary N) is 1. The molecule has 3 aromatic rings. The van der Waals surface area contributed by atoms with Crippen LogP contribution in [0.15, 0.2) is 48.7 Å². The molecule has 0 radical (unpaired) electrons. The van der Waals surface area contributed by atoms with Crippen LogP contribution in [-0.4, -0.2) is 33.7 Å². The van der Waals surface area contributed by atoms with Crippen LogP contribution in [0.5, 0.6) is 5.75 Å². The van der Waals surface area contributed by atoms with E-state index in [2.05, 4.69) is 10.2 Å². The number of nitrogens with zero attached hydrogens (tertiary/aromatic N) is 2. The van der Waals surface area contributed by atoms with Gasteiger partial charge in [-0.2, -0.15) is 31.4 Å². The summed E-state index contributed by atoms with van der Waals surface area (Å²) < 4.78 is 81.9. The molecule has 0 saturated heterocycles. The normalized spacial score (nSPS) is 14.1. The van der Waals surface area contributed by atoms with Gasteiger partial charge in [0, 0.05) is 29.4 Å². The third kappa shape index (κ3) is 4.56. The van der Waals surface area contributed by atoms with Gasteiger partial charge in [-0.25, -0.2) is 0 Å². The van der Waals surface area contributed by atoms with Gasteiger partial charge in [-0.1, -0.05) is 12.1 Å². The molecule has 168 valence electrons. The third-order valence-electron chi connectivity index (χ3n) is 4.92. The molecule has 2 aromatic carbocycles. The van der Waals surface area contributed by atoms with Crippen molar-refractivity contribution in [1.82, 2.24) is 15.1 Å². The van der Waals surface area contributed by atoms with Gasteiger partial charge in [-0.15, -0.1) is 0 Å². The molecule has 0 bridgehead atoms. The Kier molecular flexibility index (Phi) is 5.35. The van der Waals surface area contributed by atoms with E-state index in [4.69, 9.17) is 4.74 Å². The Morgan fingerprint density at radius 1 is 1.03 bits per heavy atom. The lowest BCUT2D eigenvalue weighted by molar-refractivity contribution is -0.141. The van der Waals surface area contributed by atoms with Crippen LogP contribution in [0.1, 0.15) is 27.0 Å². The second-order valence-corrected chi connectivity index (χ2v) is 7.22. The number of aromatic nitrogens is 2. The van der Waals surface area contributed by atoms with Crippen molar-refractivity contribution in [3.05, 3.63) is 70.9 Å². The second-order valence-electron chi connectivity index (χ2n) is 7.22. The van der Waals surface area contributed by atoms with Crippen LogP contribution in [0.3, 0.4) is 0 Å². The molecule has 1 amide bonds. The highest BCUT2D eigenvalue weighted by atomic mass is 19.4. The summed E-state index contributed by atoms with van der Waals surface area (Å²) in [5.41, 5.74) is 1.27. The Hall–Kier alpha value is -3.50. The molecule has 0 spiro atoms. The molecule has 1 aliphatic rings. The highest BCUT2D eigenvalue weighted by Crippen LogP contribution is 2.32. The number of carbonyl (C=O) groups is 1. The van der Waals surface area contributed by atoms with Gasteiger partial charge < -0.3 is 9.64 Å². The molecule has 11 heteroatoms. The third-order valence-corrected chi connectivity index (χ3v) is 4.92. The largest absolute Gasteiger partial charge is 0.489 e. The van der Waals surface area contributed by atoms with Gasteiger partial charge in [-0.3, -0.25) is 9.89 Å². The van der Waals surface area contributed by atoms with Crippen molar-refractivity contribution in [2.75, 3.05) is 6.54 Å². The fourth-order valence-electron chi connectivity index (χ4n) is 3.44. The average molecular weight is 455 g/mol. The highest BCUT2D eigenvalue weighted by Gasteiger charge is 2.37. The number of ether oxygens (including phenoxy) is 1. The quantitative estimate of drug-likeness (QED) is 0.539. The van der Waals surface area contributed by atoms with Gasteiger partial charge in [0.1, 0.15) is 18.9 Å². The minimum Gasteiger partial charge on any atom is -0.489 e. The van der Waals surface area contributed by atoms with Gasteiger partial charge in [0.25, 0.3) is 5.91 Å². The Labute approximate surface area is 177 Å². The predicted octanol–water partition coefficient (Wildman–Crippen LogP) is 5.19. The first-order valence-corrected chi connectivity index (χ1v) is 9.33. The molecule has 5 nitrogen and oxygen atoms in total. The van der Waals surface area contributed by atoms with E-state index in [1.807, 2.05) is 0 Å². The summed E-state index contributed by atoms with van der Waals surface area (Å²) in [6.07, 6.45) is -7.40. The van der Waals surface area contributed by atoms with Gasteiger partial charge in [0.05, 0.1) is 11.3 Å². The summed E-state index contributed by atoms with van der Waals surface area (Å²) in [5, 5.41) is 6.70. The summed E-state index contributed by atoms with van der Waals surface area (Å²) in [7, 11) is 0. The number of hydrogen-bond acceptors (Lipinski definition) is 3. The molecule has 32 heavy (non-hydrogen) atoms. The molecular formula is C21H15F6N3O2. The van der Waals surface area contributed by atoms with Crippen LogP contribution in [0.25, 0.3) is 11.3 Å². The van der Waals surface area contributed by atoms with Crippen LogP contribution in [0.2, 0.25) is 0 Å². The summed E-state index contributed by atoms with van der Waals surface area (Å²) in [6, 6.07) is 8.91. The maximum absolute atomic E-state index is 12.8. The van der Waals surface area contributed by atoms with E-state index in [1.165, 1.54) is 36.5 Å². The molecule has 1 aromatic heterocycles. The van der Waals surface area contributed by atoms with Crippen molar-refractivity contribution < 1.29 is 35.9 Å². The van der Waals surface area contributed by atoms with Crippen molar-refractivity contribution in [3.8, 4) is 17.0 Å². The summed E-state index contributed by atoms with van der Waals surface area (Å²) in [6.45, 7) is -1.50. The Balaban J connectivity index is 1.46. The van der Waals surface area contributed by atoms with Crippen molar-refractivity contribution in [2.45, 2.75) is 25.5 Å². The van der Waals surface area contributed by atoms with E-state index in [0.717, 1.165) is 12.1 Å². The maximum atomic E-state index is 12.8. The highest BCUT2D eigenvalue weighted by molar-refractivity contribution is 5.98. The van der Waals surface area contributed by atoms with E-state index < -0.39 is 30.4 Å². The van der Waals surface area contributed by atoms with E-state index in [-0.39, 0.29) is 18.7 Å². The number of amides is 1. The van der Waals surface area contributed by atoms with Crippen molar-refractivity contribution in [2.24, 2.45) is 0 Å². The molecule has 1 N–H and O–H groups in total. The fraction of sp³-hybridized carbons (Fsp3) is 0.238. The number of rotatable bonds is 5. The molecule has 0 aliphatic carbocycles. The molecule has 1 aliphatic heterocycles. The topological polar surface area (TPSA) is 58.2 Å². The minimum atomic E-state index is -4.49. The Morgan fingerprint density at radius 2 is 1.75 bits per heavy atom. The van der Waals surface area contributed by atoms with Crippen molar-refractivity contribution in [1.29, 1.82) is 0 Å². The first-order chi connectivity index (χ1) is 15.0. The predicted molar refractivity (Wildman–Crippen MR) is 101 cm³/mol. The van der Waals surface area contributed by atoms with Crippen LogP contribution < -0.4 is 4.74 Å². The first-order valence-electron chi connectivity index (χ1n) is 9.33. The van der Waals surface area contributed by atoms with Gasteiger partial charge in [-0.05, 0) is 35.9 Å². The molecule has 0 unspecified atom stereocenters.